The Hall–Kier alpha value is -0.640. The summed E-state index contributed by atoms with van der Waals surface area (Å²) >= 11 is 1.79. The Balaban J connectivity index is 1.76. The molecule has 2 heterocycles. The van der Waals surface area contributed by atoms with Crippen molar-refractivity contribution in [2.24, 2.45) is 0 Å². The Labute approximate surface area is 95.8 Å². The Bertz CT molecular complexity index is 287. The van der Waals surface area contributed by atoms with Gasteiger partial charge < -0.3 is 0 Å². The highest BCUT2D eigenvalue weighted by atomic mass is 32.1. The van der Waals surface area contributed by atoms with Crippen LogP contribution in [0.2, 0.25) is 0 Å². The number of piperazine rings is 1. The van der Waals surface area contributed by atoms with Crippen LogP contribution in [0.3, 0.4) is 0 Å². The predicted molar refractivity (Wildman–Crippen MR) is 66.2 cm³/mol. The minimum atomic E-state index is 1.03. The van der Waals surface area contributed by atoms with Gasteiger partial charge in [-0.05, 0) is 22.4 Å². The van der Waals surface area contributed by atoms with Crippen LogP contribution in [0.1, 0.15) is 5.56 Å². The second-order valence-corrected chi connectivity index (χ2v) is 4.78. The van der Waals surface area contributed by atoms with E-state index in [1.807, 2.05) is 6.08 Å². The second-order valence-electron chi connectivity index (χ2n) is 4.00. The molecule has 1 saturated heterocycles. The topological polar surface area (TPSA) is 6.48 Å². The molecule has 82 valence electrons. The maximum atomic E-state index is 3.78. The van der Waals surface area contributed by atoms with Gasteiger partial charge in [-0.1, -0.05) is 6.08 Å². The van der Waals surface area contributed by atoms with Crippen LogP contribution in [-0.2, 0) is 6.54 Å². The summed E-state index contributed by atoms with van der Waals surface area (Å²) in [6.07, 6.45) is 1.99. The van der Waals surface area contributed by atoms with Crippen molar-refractivity contribution in [3.63, 3.8) is 0 Å². The first-order valence-electron chi connectivity index (χ1n) is 5.45. The van der Waals surface area contributed by atoms with Crippen LogP contribution in [0, 0.1) is 0 Å². The fourth-order valence-electron chi connectivity index (χ4n) is 1.95. The third kappa shape index (κ3) is 3.16. The summed E-state index contributed by atoms with van der Waals surface area (Å²) in [5.41, 5.74) is 1.46. The summed E-state index contributed by atoms with van der Waals surface area (Å²) in [6, 6.07) is 2.22. The molecule has 0 bridgehead atoms. The van der Waals surface area contributed by atoms with Gasteiger partial charge in [-0.2, -0.15) is 11.3 Å². The van der Waals surface area contributed by atoms with Gasteiger partial charge in [-0.3, -0.25) is 9.80 Å². The summed E-state index contributed by atoms with van der Waals surface area (Å²) < 4.78 is 0. The van der Waals surface area contributed by atoms with E-state index in [9.17, 15) is 0 Å². The van der Waals surface area contributed by atoms with Gasteiger partial charge in [0.05, 0.1) is 0 Å². The Kier molecular flexibility index (Phi) is 3.94. The van der Waals surface area contributed by atoms with Crippen molar-refractivity contribution in [2.75, 3.05) is 32.7 Å². The SMILES string of the molecule is C=CCN1CCN(Cc2ccsc2)CC1. The van der Waals surface area contributed by atoms with Gasteiger partial charge in [0, 0.05) is 39.3 Å². The number of hydrogen-bond donors (Lipinski definition) is 0. The van der Waals surface area contributed by atoms with Crippen LogP contribution in [0.5, 0.6) is 0 Å². The smallest absolute Gasteiger partial charge is 0.0243 e. The summed E-state index contributed by atoms with van der Waals surface area (Å²) in [7, 11) is 0. The lowest BCUT2D eigenvalue weighted by Gasteiger charge is -2.33. The molecule has 1 aliphatic heterocycles. The van der Waals surface area contributed by atoms with E-state index in [-0.39, 0.29) is 0 Å². The van der Waals surface area contributed by atoms with Crippen molar-refractivity contribution >= 4 is 11.3 Å². The Morgan fingerprint density at radius 3 is 2.60 bits per heavy atom. The molecule has 15 heavy (non-hydrogen) atoms. The molecule has 0 unspecified atom stereocenters. The molecule has 1 fully saturated rings. The van der Waals surface area contributed by atoms with E-state index in [1.54, 1.807) is 11.3 Å². The summed E-state index contributed by atoms with van der Waals surface area (Å²) in [5.74, 6) is 0. The Morgan fingerprint density at radius 2 is 2.00 bits per heavy atom. The average Bonchev–Trinajstić information content (AvgIpc) is 2.74. The first kappa shape index (κ1) is 10.9. The van der Waals surface area contributed by atoms with Crippen LogP contribution in [0.25, 0.3) is 0 Å². The molecule has 0 N–H and O–H groups in total. The average molecular weight is 222 g/mol. The van der Waals surface area contributed by atoms with Crippen LogP contribution in [0.4, 0.5) is 0 Å². The van der Waals surface area contributed by atoms with Crippen molar-refractivity contribution in [3.05, 3.63) is 35.0 Å². The van der Waals surface area contributed by atoms with Crippen molar-refractivity contribution < 1.29 is 0 Å². The van der Waals surface area contributed by atoms with Gasteiger partial charge in [-0.15, -0.1) is 6.58 Å². The number of nitrogens with zero attached hydrogens (tertiary/aromatic N) is 2. The van der Waals surface area contributed by atoms with E-state index in [2.05, 4.69) is 33.2 Å². The molecule has 0 amide bonds. The molecule has 2 rings (SSSR count). The standard InChI is InChI=1S/C12H18N2S/c1-2-4-13-5-7-14(8-6-13)10-12-3-9-15-11-12/h2-3,9,11H,1,4-8,10H2. The zero-order valence-electron chi connectivity index (χ0n) is 9.06. The molecule has 1 aromatic rings. The molecule has 0 saturated carbocycles. The molecule has 1 aliphatic rings. The molecule has 0 aromatic carbocycles. The number of thiophene rings is 1. The summed E-state index contributed by atoms with van der Waals surface area (Å²) in [6.45, 7) is 10.7. The zero-order chi connectivity index (χ0) is 10.5. The lowest BCUT2D eigenvalue weighted by atomic mass is 10.2. The lowest BCUT2D eigenvalue weighted by Crippen LogP contribution is -2.45. The molecular weight excluding hydrogens is 204 g/mol. The molecule has 1 aromatic heterocycles. The van der Waals surface area contributed by atoms with Crippen LogP contribution in [-0.4, -0.2) is 42.5 Å². The summed E-state index contributed by atoms with van der Waals surface area (Å²) in [4.78, 5) is 4.98. The fraction of sp³-hybridized carbons (Fsp3) is 0.500. The zero-order valence-corrected chi connectivity index (χ0v) is 9.88. The van der Waals surface area contributed by atoms with Gasteiger partial charge in [0.15, 0.2) is 0 Å². The maximum absolute atomic E-state index is 3.78. The highest BCUT2D eigenvalue weighted by Gasteiger charge is 2.15. The van der Waals surface area contributed by atoms with Crippen molar-refractivity contribution in [3.8, 4) is 0 Å². The van der Waals surface area contributed by atoms with E-state index in [0.29, 0.717) is 0 Å². The van der Waals surface area contributed by atoms with E-state index in [0.717, 1.165) is 13.1 Å². The molecule has 0 atom stereocenters. The van der Waals surface area contributed by atoms with E-state index < -0.39 is 0 Å². The van der Waals surface area contributed by atoms with Gasteiger partial charge in [-0.25, -0.2) is 0 Å². The third-order valence-electron chi connectivity index (χ3n) is 2.84. The van der Waals surface area contributed by atoms with Crippen LogP contribution >= 0.6 is 11.3 Å². The highest BCUT2D eigenvalue weighted by Crippen LogP contribution is 2.11. The molecule has 0 spiro atoms. The molecule has 0 radical (unpaired) electrons. The van der Waals surface area contributed by atoms with Crippen LogP contribution in [0.15, 0.2) is 29.5 Å². The number of hydrogen-bond acceptors (Lipinski definition) is 3. The predicted octanol–water partition coefficient (Wildman–Crippen LogP) is 2.05. The van der Waals surface area contributed by atoms with Gasteiger partial charge in [0.1, 0.15) is 0 Å². The van der Waals surface area contributed by atoms with Crippen molar-refractivity contribution in [1.29, 1.82) is 0 Å². The molecule has 3 heteroatoms. The first-order chi connectivity index (χ1) is 7.38. The van der Waals surface area contributed by atoms with Gasteiger partial charge in [0.2, 0.25) is 0 Å². The van der Waals surface area contributed by atoms with Crippen LogP contribution < -0.4 is 0 Å². The lowest BCUT2D eigenvalue weighted by molar-refractivity contribution is 0.137. The first-order valence-corrected chi connectivity index (χ1v) is 6.39. The van der Waals surface area contributed by atoms with Gasteiger partial charge >= 0.3 is 0 Å². The van der Waals surface area contributed by atoms with Crippen molar-refractivity contribution in [1.82, 2.24) is 9.80 Å². The second kappa shape index (κ2) is 5.45. The summed E-state index contributed by atoms with van der Waals surface area (Å²) in [5, 5.41) is 4.40. The maximum Gasteiger partial charge on any atom is 0.0243 e. The normalized spacial score (nSPS) is 19.2. The minimum absolute atomic E-state index is 1.03. The monoisotopic (exact) mass is 222 g/mol. The van der Waals surface area contributed by atoms with Crippen molar-refractivity contribution in [2.45, 2.75) is 6.54 Å². The molecular formula is C12H18N2S. The van der Waals surface area contributed by atoms with E-state index >= 15 is 0 Å². The Morgan fingerprint density at radius 1 is 1.27 bits per heavy atom. The number of rotatable bonds is 4. The fourth-order valence-corrected chi connectivity index (χ4v) is 2.61. The van der Waals surface area contributed by atoms with E-state index in [4.69, 9.17) is 0 Å². The van der Waals surface area contributed by atoms with Gasteiger partial charge in [0.25, 0.3) is 0 Å². The highest BCUT2D eigenvalue weighted by molar-refractivity contribution is 7.07. The molecule has 2 nitrogen and oxygen atoms in total. The molecule has 0 aliphatic carbocycles. The largest absolute Gasteiger partial charge is 0.297 e. The quantitative estimate of drug-likeness (QED) is 0.719. The minimum Gasteiger partial charge on any atom is -0.297 e. The third-order valence-corrected chi connectivity index (χ3v) is 3.57. The van der Waals surface area contributed by atoms with E-state index in [1.165, 1.54) is 31.7 Å².